The number of benzene rings is 2. The van der Waals surface area contributed by atoms with Crippen molar-refractivity contribution in [1.82, 2.24) is 5.32 Å². The minimum Gasteiger partial charge on any atom is -0.357 e. The van der Waals surface area contributed by atoms with Gasteiger partial charge in [-0.2, -0.15) is 0 Å². The number of carbonyl (C=O) groups is 2. The van der Waals surface area contributed by atoms with Crippen LogP contribution in [0.5, 0.6) is 0 Å². The van der Waals surface area contributed by atoms with Gasteiger partial charge < -0.3 is 16.0 Å². The Labute approximate surface area is 188 Å². The summed E-state index contributed by atoms with van der Waals surface area (Å²) in [4.78, 5) is 23.8. The molecule has 0 saturated heterocycles. The van der Waals surface area contributed by atoms with Crippen molar-refractivity contribution in [3.63, 3.8) is 0 Å². The SMILES string of the molecule is O=C1C=C(Nc2cc(NS(=O)(=O)c3ccc(F)cc3F)cc3c2NC(=O)C32CCC2)CCN1. The lowest BCUT2D eigenvalue weighted by molar-refractivity contribution is -0.123. The topological polar surface area (TPSA) is 116 Å². The van der Waals surface area contributed by atoms with Gasteiger partial charge in [0.25, 0.3) is 10.0 Å². The zero-order chi connectivity index (χ0) is 23.4. The number of amides is 2. The van der Waals surface area contributed by atoms with Gasteiger partial charge >= 0.3 is 0 Å². The predicted molar refractivity (Wildman–Crippen MR) is 117 cm³/mol. The molecule has 0 unspecified atom stereocenters. The van der Waals surface area contributed by atoms with Crippen LogP contribution in [-0.2, 0) is 25.0 Å². The van der Waals surface area contributed by atoms with Gasteiger partial charge in [-0.15, -0.1) is 0 Å². The monoisotopic (exact) mass is 474 g/mol. The van der Waals surface area contributed by atoms with Crippen molar-refractivity contribution in [1.29, 1.82) is 0 Å². The van der Waals surface area contributed by atoms with Crippen LogP contribution in [0.2, 0.25) is 0 Å². The molecule has 2 aliphatic heterocycles. The normalized spacial score (nSPS) is 18.7. The Kier molecular flexibility index (Phi) is 4.89. The molecule has 1 fully saturated rings. The van der Waals surface area contributed by atoms with Gasteiger partial charge in [0.05, 0.1) is 22.5 Å². The highest BCUT2D eigenvalue weighted by Gasteiger charge is 2.52. The lowest BCUT2D eigenvalue weighted by Crippen LogP contribution is -2.40. The van der Waals surface area contributed by atoms with Crippen LogP contribution in [-0.4, -0.2) is 26.8 Å². The minimum absolute atomic E-state index is 0.114. The molecule has 3 aliphatic rings. The lowest BCUT2D eigenvalue weighted by atomic mass is 9.65. The minimum atomic E-state index is -4.38. The number of hydrogen-bond donors (Lipinski definition) is 4. The molecule has 0 bridgehead atoms. The molecule has 2 aromatic carbocycles. The van der Waals surface area contributed by atoms with Crippen molar-refractivity contribution in [2.24, 2.45) is 0 Å². The molecule has 2 amide bonds. The number of hydrogen-bond acceptors (Lipinski definition) is 5. The number of halogens is 2. The van der Waals surface area contributed by atoms with E-state index in [0.717, 1.165) is 18.6 Å². The molecule has 1 aliphatic carbocycles. The summed E-state index contributed by atoms with van der Waals surface area (Å²) in [5, 5.41) is 8.70. The molecule has 8 nitrogen and oxygen atoms in total. The van der Waals surface area contributed by atoms with Crippen molar-refractivity contribution in [2.75, 3.05) is 21.9 Å². The van der Waals surface area contributed by atoms with E-state index in [2.05, 4.69) is 20.7 Å². The second-order valence-electron chi connectivity index (χ2n) is 8.35. The third-order valence-electron chi connectivity index (χ3n) is 6.26. The Morgan fingerprint density at radius 1 is 1.06 bits per heavy atom. The van der Waals surface area contributed by atoms with Crippen LogP contribution >= 0.6 is 0 Å². The first-order chi connectivity index (χ1) is 15.7. The quantitative estimate of drug-likeness (QED) is 0.532. The van der Waals surface area contributed by atoms with Crippen molar-refractivity contribution in [3.05, 3.63) is 59.3 Å². The summed E-state index contributed by atoms with van der Waals surface area (Å²) in [5.41, 5.74) is 1.57. The predicted octanol–water partition coefficient (Wildman–Crippen LogP) is 2.96. The summed E-state index contributed by atoms with van der Waals surface area (Å²) in [6, 6.07) is 5.25. The summed E-state index contributed by atoms with van der Waals surface area (Å²) in [6.07, 6.45) is 4.03. The Morgan fingerprint density at radius 2 is 1.85 bits per heavy atom. The zero-order valence-electron chi connectivity index (χ0n) is 17.3. The highest BCUT2D eigenvalue weighted by Crippen LogP contribution is 2.54. The largest absolute Gasteiger partial charge is 0.357 e. The number of fused-ring (bicyclic) bond motifs is 2. The van der Waals surface area contributed by atoms with Crippen LogP contribution in [0.1, 0.15) is 31.2 Å². The van der Waals surface area contributed by atoms with Crippen molar-refractivity contribution >= 4 is 38.9 Å². The van der Waals surface area contributed by atoms with Gasteiger partial charge in [-0.25, -0.2) is 17.2 Å². The molecule has 5 rings (SSSR count). The summed E-state index contributed by atoms with van der Waals surface area (Å²) < 4.78 is 55.4. The number of rotatable bonds is 5. The molecule has 172 valence electrons. The van der Waals surface area contributed by atoms with E-state index in [9.17, 15) is 26.8 Å². The second-order valence-corrected chi connectivity index (χ2v) is 10.0. The molecule has 1 saturated carbocycles. The van der Waals surface area contributed by atoms with E-state index in [1.54, 1.807) is 6.07 Å². The number of carbonyl (C=O) groups excluding carboxylic acids is 2. The standard InChI is InChI=1S/C22H20F2N4O4S/c23-12-2-3-18(16(24)8-12)33(31,32)28-14-9-15-20(27-21(30)22(15)5-1-6-22)17(10-14)26-13-4-7-25-19(29)11-13/h2-3,8-11,26,28H,1,4-7H2,(H,25,29)(H,27,30). The Bertz CT molecular complexity index is 1340. The summed E-state index contributed by atoms with van der Waals surface area (Å²) in [5.74, 6) is -2.53. The Morgan fingerprint density at radius 3 is 2.52 bits per heavy atom. The summed E-state index contributed by atoms with van der Waals surface area (Å²) in [6.45, 7) is 0.437. The highest BCUT2D eigenvalue weighted by atomic mass is 32.2. The molecule has 1 spiro atoms. The first-order valence-electron chi connectivity index (χ1n) is 10.4. The lowest BCUT2D eigenvalue weighted by Gasteiger charge is -2.36. The van der Waals surface area contributed by atoms with E-state index < -0.39 is 32.0 Å². The molecule has 11 heteroatoms. The van der Waals surface area contributed by atoms with Gasteiger partial charge in [-0.3, -0.25) is 14.3 Å². The molecule has 4 N–H and O–H groups in total. The Hall–Kier alpha value is -3.47. The maximum Gasteiger partial charge on any atom is 0.264 e. The van der Waals surface area contributed by atoms with Crippen LogP contribution in [0.3, 0.4) is 0 Å². The molecular formula is C22H20F2N4O4S. The van der Waals surface area contributed by atoms with Crippen molar-refractivity contribution in [2.45, 2.75) is 36.0 Å². The molecule has 0 aromatic heterocycles. The van der Waals surface area contributed by atoms with E-state index in [4.69, 9.17) is 0 Å². The van der Waals surface area contributed by atoms with Crippen molar-refractivity contribution in [3.8, 4) is 0 Å². The summed E-state index contributed by atoms with van der Waals surface area (Å²) in [7, 11) is -4.38. The van der Waals surface area contributed by atoms with Gasteiger partial charge in [0.15, 0.2) is 0 Å². The molecule has 2 heterocycles. The van der Waals surface area contributed by atoms with E-state index in [1.165, 1.54) is 12.1 Å². The zero-order valence-corrected chi connectivity index (χ0v) is 18.1. The second kappa shape index (κ2) is 7.55. The maximum absolute atomic E-state index is 14.2. The summed E-state index contributed by atoms with van der Waals surface area (Å²) >= 11 is 0. The maximum atomic E-state index is 14.2. The van der Waals surface area contributed by atoms with Crippen LogP contribution in [0.15, 0.2) is 47.0 Å². The molecule has 33 heavy (non-hydrogen) atoms. The molecule has 2 aromatic rings. The smallest absolute Gasteiger partial charge is 0.264 e. The van der Waals surface area contributed by atoms with Gasteiger partial charge in [0.2, 0.25) is 11.8 Å². The highest BCUT2D eigenvalue weighted by molar-refractivity contribution is 7.92. The van der Waals surface area contributed by atoms with Crippen LogP contribution in [0, 0.1) is 11.6 Å². The number of sulfonamides is 1. The van der Waals surface area contributed by atoms with E-state index in [1.807, 2.05) is 0 Å². The fourth-order valence-electron chi connectivity index (χ4n) is 4.47. The number of nitrogens with one attached hydrogen (secondary N) is 4. The van der Waals surface area contributed by atoms with Crippen molar-refractivity contribution < 1.29 is 26.8 Å². The van der Waals surface area contributed by atoms with E-state index >= 15 is 0 Å². The first kappa shape index (κ1) is 21.4. The third-order valence-corrected chi connectivity index (χ3v) is 7.68. The molecule has 0 radical (unpaired) electrons. The van der Waals surface area contributed by atoms with Crippen LogP contribution < -0.4 is 20.7 Å². The average Bonchev–Trinajstić information content (AvgIpc) is 2.99. The van der Waals surface area contributed by atoms with Crippen LogP contribution in [0.25, 0.3) is 0 Å². The number of anilines is 3. The van der Waals surface area contributed by atoms with Gasteiger partial charge in [0.1, 0.15) is 16.5 Å². The van der Waals surface area contributed by atoms with E-state index in [0.29, 0.717) is 54.5 Å². The third kappa shape index (κ3) is 3.62. The van der Waals surface area contributed by atoms with Gasteiger partial charge in [-0.1, -0.05) is 6.42 Å². The average molecular weight is 474 g/mol. The van der Waals surface area contributed by atoms with Gasteiger partial charge in [0, 0.05) is 30.8 Å². The fraction of sp³-hybridized carbons (Fsp3) is 0.273. The van der Waals surface area contributed by atoms with E-state index in [-0.39, 0.29) is 17.5 Å². The molecule has 0 atom stereocenters. The fourth-order valence-corrected chi connectivity index (χ4v) is 5.57. The Balaban J connectivity index is 1.57. The van der Waals surface area contributed by atoms with Crippen LogP contribution in [0.4, 0.5) is 25.8 Å². The first-order valence-corrected chi connectivity index (χ1v) is 11.9. The molecular weight excluding hydrogens is 454 g/mol. The van der Waals surface area contributed by atoms with Gasteiger partial charge in [-0.05, 0) is 42.7 Å².